The molecule has 0 aliphatic heterocycles. The lowest BCUT2D eigenvalue weighted by molar-refractivity contribution is -0.174. The molecule has 2 unspecified atom stereocenters. The van der Waals surface area contributed by atoms with Gasteiger partial charge in [0.05, 0.1) is 18.3 Å². The van der Waals surface area contributed by atoms with Crippen LogP contribution in [0.1, 0.15) is 46.0 Å². The molecule has 0 aromatic heterocycles. The highest BCUT2D eigenvalue weighted by Crippen LogP contribution is 2.58. The first-order valence-electron chi connectivity index (χ1n) is 7.37. The third-order valence-corrected chi connectivity index (χ3v) is 5.42. The Bertz CT molecular complexity index is 350. The van der Waals surface area contributed by atoms with Gasteiger partial charge in [-0.15, -0.1) is 0 Å². The molecule has 3 heteroatoms. The van der Waals surface area contributed by atoms with Crippen molar-refractivity contribution in [1.82, 2.24) is 0 Å². The molecule has 2 aliphatic carbocycles. The predicted octanol–water partition coefficient (Wildman–Crippen LogP) is 2.52. The van der Waals surface area contributed by atoms with Gasteiger partial charge in [0.25, 0.3) is 0 Å². The zero-order chi connectivity index (χ0) is 14.3. The third-order valence-electron chi connectivity index (χ3n) is 5.42. The highest BCUT2D eigenvalue weighted by atomic mass is 16.5. The highest BCUT2D eigenvalue weighted by molar-refractivity contribution is 5.10. The Morgan fingerprint density at radius 3 is 2.58 bits per heavy atom. The van der Waals surface area contributed by atoms with Crippen molar-refractivity contribution in [3.63, 3.8) is 0 Å². The van der Waals surface area contributed by atoms with Crippen LogP contribution in [0.2, 0.25) is 0 Å². The minimum absolute atomic E-state index is 0.280. The van der Waals surface area contributed by atoms with Gasteiger partial charge in [-0.05, 0) is 54.9 Å². The molecular formula is C16H28O3. The van der Waals surface area contributed by atoms with Crippen LogP contribution in [0, 0.1) is 17.3 Å². The molecule has 0 spiro atoms. The van der Waals surface area contributed by atoms with E-state index < -0.39 is 11.7 Å². The number of aliphatic hydroxyl groups excluding tert-OH is 1. The van der Waals surface area contributed by atoms with Gasteiger partial charge in [-0.25, -0.2) is 0 Å². The van der Waals surface area contributed by atoms with E-state index in [4.69, 9.17) is 4.74 Å². The van der Waals surface area contributed by atoms with Crippen LogP contribution in [0.4, 0.5) is 0 Å². The van der Waals surface area contributed by atoms with Crippen molar-refractivity contribution >= 4 is 0 Å². The second-order valence-corrected chi connectivity index (χ2v) is 7.19. The maximum absolute atomic E-state index is 11.0. The van der Waals surface area contributed by atoms with Crippen LogP contribution >= 0.6 is 0 Å². The first-order valence-corrected chi connectivity index (χ1v) is 7.37. The van der Waals surface area contributed by atoms with E-state index in [-0.39, 0.29) is 5.41 Å². The Balaban J connectivity index is 2.22. The zero-order valence-corrected chi connectivity index (χ0v) is 12.5. The molecule has 19 heavy (non-hydrogen) atoms. The van der Waals surface area contributed by atoms with E-state index in [9.17, 15) is 10.2 Å². The normalized spacial score (nSPS) is 42.6. The van der Waals surface area contributed by atoms with Crippen LogP contribution in [0.15, 0.2) is 12.2 Å². The monoisotopic (exact) mass is 268 g/mol. The molecule has 2 rings (SSSR count). The smallest absolute Gasteiger partial charge is 0.0912 e. The van der Waals surface area contributed by atoms with E-state index >= 15 is 0 Å². The summed E-state index contributed by atoms with van der Waals surface area (Å²) in [5.74, 6) is 0.787. The number of methoxy groups -OCH3 is 1. The molecule has 2 saturated carbocycles. The van der Waals surface area contributed by atoms with Gasteiger partial charge >= 0.3 is 0 Å². The first kappa shape index (κ1) is 15.0. The predicted molar refractivity (Wildman–Crippen MR) is 75.8 cm³/mol. The van der Waals surface area contributed by atoms with Crippen LogP contribution < -0.4 is 0 Å². The maximum atomic E-state index is 11.0. The van der Waals surface area contributed by atoms with E-state index in [0.717, 1.165) is 24.8 Å². The van der Waals surface area contributed by atoms with Crippen molar-refractivity contribution < 1.29 is 14.9 Å². The molecule has 2 aliphatic rings. The van der Waals surface area contributed by atoms with E-state index in [1.807, 2.05) is 0 Å². The summed E-state index contributed by atoms with van der Waals surface area (Å²) in [6, 6.07) is 0. The minimum atomic E-state index is -0.791. The van der Waals surface area contributed by atoms with Gasteiger partial charge in [-0.2, -0.15) is 0 Å². The van der Waals surface area contributed by atoms with Crippen LogP contribution in [-0.4, -0.2) is 35.6 Å². The number of fused-ring (bicyclic) bond motifs is 1. The molecule has 0 amide bonds. The maximum Gasteiger partial charge on any atom is 0.0912 e. The van der Waals surface area contributed by atoms with E-state index in [1.54, 1.807) is 7.11 Å². The quantitative estimate of drug-likeness (QED) is 0.757. The number of ether oxygens (including phenoxy) is 1. The average molecular weight is 268 g/mol. The molecule has 2 N–H and O–H groups in total. The second-order valence-electron chi connectivity index (χ2n) is 7.19. The summed E-state index contributed by atoms with van der Waals surface area (Å²) in [7, 11) is 1.64. The van der Waals surface area contributed by atoms with E-state index in [1.165, 1.54) is 0 Å². The Labute approximate surface area is 116 Å². The molecule has 0 aromatic carbocycles. The molecule has 3 nitrogen and oxygen atoms in total. The Hall–Kier alpha value is -0.380. The Morgan fingerprint density at radius 1 is 1.32 bits per heavy atom. The van der Waals surface area contributed by atoms with E-state index in [0.29, 0.717) is 31.3 Å². The van der Waals surface area contributed by atoms with Crippen molar-refractivity contribution in [2.45, 2.75) is 57.7 Å². The fourth-order valence-corrected chi connectivity index (χ4v) is 4.11. The molecule has 2 fully saturated rings. The summed E-state index contributed by atoms with van der Waals surface area (Å²) in [5.41, 5.74) is 0.408. The van der Waals surface area contributed by atoms with Gasteiger partial charge in [0.15, 0.2) is 0 Å². The number of aliphatic hydroxyl groups is 2. The Morgan fingerprint density at radius 2 is 2.00 bits per heavy atom. The van der Waals surface area contributed by atoms with Crippen LogP contribution in [0.3, 0.4) is 0 Å². The second kappa shape index (κ2) is 5.19. The van der Waals surface area contributed by atoms with Crippen molar-refractivity contribution in [1.29, 1.82) is 0 Å². The van der Waals surface area contributed by atoms with Gasteiger partial charge in [-0.1, -0.05) is 20.4 Å². The summed E-state index contributed by atoms with van der Waals surface area (Å²) < 4.78 is 5.25. The van der Waals surface area contributed by atoms with Gasteiger partial charge in [0, 0.05) is 7.11 Å². The summed E-state index contributed by atoms with van der Waals surface area (Å²) in [4.78, 5) is 0. The summed E-state index contributed by atoms with van der Waals surface area (Å²) in [6.07, 6.45) is 3.62. The Kier molecular flexibility index (Phi) is 4.10. The summed E-state index contributed by atoms with van der Waals surface area (Å²) in [6.45, 7) is 8.92. The lowest BCUT2D eigenvalue weighted by Gasteiger charge is -2.57. The third kappa shape index (κ3) is 2.74. The van der Waals surface area contributed by atoms with Crippen molar-refractivity contribution in [2.24, 2.45) is 17.3 Å². The summed E-state index contributed by atoms with van der Waals surface area (Å²) in [5, 5.41) is 21.0. The molecule has 0 aromatic rings. The molecule has 110 valence electrons. The molecule has 0 saturated heterocycles. The minimum Gasteiger partial charge on any atom is -0.389 e. The highest BCUT2D eigenvalue weighted by Gasteiger charge is 2.55. The summed E-state index contributed by atoms with van der Waals surface area (Å²) >= 11 is 0. The number of rotatable bonds is 2. The first-order chi connectivity index (χ1) is 8.80. The van der Waals surface area contributed by atoms with Gasteiger partial charge < -0.3 is 14.9 Å². The largest absolute Gasteiger partial charge is 0.389 e. The zero-order valence-electron chi connectivity index (χ0n) is 12.5. The standard InChI is InChI=1S/C16H28O3/c1-11-5-6-12-13(9-15(12,2)3)16(18,10-19-4)8-7-14(11)17/h12-14,17-18H,1,5-10H2,2-4H3/t12-,13+,14?,16?/m1/s1. The lowest BCUT2D eigenvalue weighted by Crippen LogP contribution is -2.57. The lowest BCUT2D eigenvalue weighted by atomic mass is 9.49. The van der Waals surface area contributed by atoms with Crippen LogP contribution in [0.25, 0.3) is 0 Å². The van der Waals surface area contributed by atoms with Crippen LogP contribution in [0.5, 0.6) is 0 Å². The molecule has 4 atom stereocenters. The number of hydrogen-bond donors (Lipinski definition) is 2. The van der Waals surface area contributed by atoms with Crippen LogP contribution in [-0.2, 0) is 4.74 Å². The van der Waals surface area contributed by atoms with Gasteiger partial charge in [0.2, 0.25) is 0 Å². The fraction of sp³-hybridized carbons (Fsp3) is 0.875. The molecule has 0 heterocycles. The number of hydrogen-bond acceptors (Lipinski definition) is 3. The SMILES string of the molecule is C=C1CC[C@@H]2[C@H](CC2(C)C)C(O)(COC)CCC1O. The van der Waals surface area contributed by atoms with Gasteiger partial charge in [0.1, 0.15) is 0 Å². The van der Waals surface area contributed by atoms with Crippen molar-refractivity contribution in [2.75, 3.05) is 13.7 Å². The van der Waals surface area contributed by atoms with Crippen molar-refractivity contribution in [3.8, 4) is 0 Å². The van der Waals surface area contributed by atoms with Gasteiger partial charge in [-0.3, -0.25) is 0 Å². The topological polar surface area (TPSA) is 49.7 Å². The molecule has 0 radical (unpaired) electrons. The molecular weight excluding hydrogens is 240 g/mol. The average Bonchev–Trinajstić information content (AvgIpc) is 2.36. The fourth-order valence-electron chi connectivity index (χ4n) is 4.11. The van der Waals surface area contributed by atoms with Crippen molar-refractivity contribution in [3.05, 3.63) is 12.2 Å². The molecule has 0 bridgehead atoms. The van der Waals surface area contributed by atoms with E-state index in [2.05, 4.69) is 20.4 Å².